The Kier molecular flexibility index (Phi) is 3.72. The minimum absolute atomic E-state index is 0.470. The normalized spacial score (nSPS) is 10.3. The highest BCUT2D eigenvalue weighted by Crippen LogP contribution is 2.21. The molecular formula is C13H15N3O2. The molecule has 0 atom stereocenters. The van der Waals surface area contributed by atoms with Crippen LogP contribution < -0.4 is 4.90 Å². The molecule has 0 amide bonds. The van der Waals surface area contributed by atoms with Crippen LogP contribution in [0.3, 0.4) is 0 Å². The Hall–Kier alpha value is -2.17. The molecule has 0 aliphatic rings. The molecule has 0 bridgehead atoms. The van der Waals surface area contributed by atoms with E-state index in [1.54, 1.807) is 0 Å². The van der Waals surface area contributed by atoms with Crippen molar-refractivity contribution in [1.29, 1.82) is 0 Å². The van der Waals surface area contributed by atoms with Gasteiger partial charge >= 0.3 is 0 Å². The highest BCUT2D eigenvalue weighted by Gasteiger charge is 2.07. The maximum absolute atomic E-state index is 10.3. The molecule has 2 aromatic rings. The smallest absolute Gasteiger partial charge is 0.154 e. The second-order valence-electron chi connectivity index (χ2n) is 4.14. The summed E-state index contributed by atoms with van der Waals surface area (Å²) in [5.74, 6) is 2.26. The molecule has 0 N–H and O–H groups in total. The molecular weight excluding hydrogens is 230 g/mol. The Morgan fingerprint density at radius 1 is 1.22 bits per heavy atom. The lowest BCUT2D eigenvalue weighted by atomic mass is 10.2. The van der Waals surface area contributed by atoms with Gasteiger partial charge < -0.3 is 14.1 Å². The van der Waals surface area contributed by atoms with Gasteiger partial charge in [0.05, 0.1) is 0 Å². The van der Waals surface area contributed by atoms with Crippen molar-refractivity contribution >= 4 is 12.1 Å². The number of furan rings is 1. The molecule has 0 aliphatic carbocycles. The number of nitrogens with zero attached hydrogens (tertiary/aromatic N) is 3. The summed E-state index contributed by atoms with van der Waals surface area (Å²) in [7, 11) is 3.82. The predicted octanol–water partition coefficient (Wildman–Crippen LogP) is 1.93. The maximum atomic E-state index is 10.3. The number of hydrogen-bond acceptors (Lipinski definition) is 5. The monoisotopic (exact) mass is 245 g/mol. The Bertz CT molecular complexity index is 517. The molecule has 94 valence electrons. The zero-order chi connectivity index (χ0) is 13.0. The zero-order valence-electron chi connectivity index (χ0n) is 10.5. The summed E-state index contributed by atoms with van der Waals surface area (Å²) in [6, 6.07) is 7.46. The third kappa shape index (κ3) is 2.74. The van der Waals surface area contributed by atoms with Crippen molar-refractivity contribution < 1.29 is 9.21 Å². The molecule has 0 radical (unpaired) electrons. The largest absolute Gasteiger partial charge is 0.459 e. The van der Waals surface area contributed by atoms with Crippen molar-refractivity contribution in [1.82, 2.24) is 10.2 Å². The summed E-state index contributed by atoms with van der Waals surface area (Å²) in [6.07, 6.45) is 1.97. The summed E-state index contributed by atoms with van der Waals surface area (Å²) in [5, 5.41) is 8.19. The second kappa shape index (κ2) is 5.44. The topological polar surface area (TPSA) is 59.2 Å². The number of hydrogen-bond donors (Lipinski definition) is 0. The Balaban J connectivity index is 2.15. The molecule has 0 spiro atoms. The molecule has 0 saturated heterocycles. The highest BCUT2D eigenvalue weighted by molar-refractivity contribution is 5.54. The summed E-state index contributed by atoms with van der Waals surface area (Å²) in [4.78, 5) is 12.2. The zero-order valence-corrected chi connectivity index (χ0v) is 10.5. The molecule has 0 unspecified atom stereocenters. The Morgan fingerprint density at radius 2 is 2.06 bits per heavy atom. The van der Waals surface area contributed by atoms with Crippen LogP contribution in [0.25, 0.3) is 11.5 Å². The minimum atomic E-state index is 0.470. The van der Waals surface area contributed by atoms with Gasteiger partial charge in [0.25, 0.3) is 0 Å². The van der Waals surface area contributed by atoms with Crippen LogP contribution in [0.2, 0.25) is 0 Å². The van der Waals surface area contributed by atoms with Gasteiger partial charge in [0, 0.05) is 26.9 Å². The van der Waals surface area contributed by atoms with E-state index < -0.39 is 0 Å². The van der Waals surface area contributed by atoms with Crippen molar-refractivity contribution in [3.05, 3.63) is 30.0 Å². The van der Waals surface area contributed by atoms with Crippen LogP contribution in [0.1, 0.15) is 12.2 Å². The van der Waals surface area contributed by atoms with Crippen molar-refractivity contribution in [3.8, 4) is 11.5 Å². The van der Waals surface area contributed by atoms with Crippen LogP contribution in [0.4, 0.5) is 5.82 Å². The van der Waals surface area contributed by atoms with Gasteiger partial charge in [-0.3, -0.25) is 0 Å². The molecule has 2 heterocycles. The predicted molar refractivity (Wildman–Crippen MR) is 68.4 cm³/mol. The Labute approximate surface area is 105 Å². The first-order chi connectivity index (χ1) is 8.70. The van der Waals surface area contributed by atoms with E-state index in [0.29, 0.717) is 24.3 Å². The van der Waals surface area contributed by atoms with E-state index >= 15 is 0 Å². The Morgan fingerprint density at radius 3 is 2.67 bits per heavy atom. The molecule has 0 aliphatic heterocycles. The van der Waals surface area contributed by atoms with Crippen LogP contribution >= 0.6 is 0 Å². The number of carbonyl (C=O) groups excluding carboxylic acids is 1. The van der Waals surface area contributed by atoms with E-state index in [2.05, 4.69) is 10.2 Å². The van der Waals surface area contributed by atoms with Gasteiger partial charge in [-0.25, -0.2) is 0 Å². The number of rotatable bonds is 5. The van der Waals surface area contributed by atoms with E-state index in [-0.39, 0.29) is 0 Å². The minimum Gasteiger partial charge on any atom is -0.459 e. The summed E-state index contributed by atoms with van der Waals surface area (Å²) < 4.78 is 5.60. The van der Waals surface area contributed by atoms with E-state index in [1.165, 1.54) is 0 Å². The third-order valence-electron chi connectivity index (χ3n) is 2.53. The molecule has 2 rings (SSSR count). The molecule has 5 nitrogen and oxygen atoms in total. The molecule has 0 fully saturated rings. The first-order valence-electron chi connectivity index (χ1n) is 5.74. The molecule has 0 saturated carbocycles. The van der Waals surface area contributed by atoms with Crippen LogP contribution in [0.15, 0.2) is 28.7 Å². The summed E-state index contributed by atoms with van der Waals surface area (Å²) >= 11 is 0. The third-order valence-corrected chi connectivity index (χ3v) is 2.53. The van der Waals surface area contributed by atoms with E-state index in [4.69, 9.17) is 4.42 Å². The SMILES string of the molecule is CN(C)c1ccc(-c2ccc(CCC=O)o2)nn1. The number of carbonyl (C=O) groups is 1. The van der Waals surface area contributed by atoms with Gasteiger partial charge in [-0.1, -0.05) is 0 Å². The quantitative estimate of drug-likeness (QED) is 0.753. The van der Waals surface area contributed by atoms with Gasteiger partial charge in [0.1, 0.15) is 17.7 Å². The summed E-state index contributed by atoms with van der Waals surface area (Å²) in [5.41, 5.74) is 0.693. The molecule has 5 heteroatoms. The van der Waals surface area contributed by atoms with Gasteiger partial charge in [0.15, 0.2) is 11.6 Å². The van der Waals surface area contributed by atoms with Gasteiger partial charge in [-0.15, -0.1) is 10.2 Å². The van der Waals surface area contributed by atoms with Gasteiger partial charge in [-0.2, -0.15) is 0 Å². The number of aldehydes is 1. The standard InChI is InChI=1S/C13H15N3O2/c1-16(2)13-8-6-11(14-15-13)12-7-5-10(18-12)4-3-9-17/h5-9H,3-4H2,1-2H3. The van der Waals surface area contributed by atoms with Crippen LogP contribution in [-0.2, 0) is 11.2 Å². The first kappa shape index (κ1) is 12.3. The lowest BCUT2D eigenvalue weighted by molar-refractivity contribution is -0.107. The number of anilines is 1. The lowest BCUT2D eigenvalue weighted by Crippen LogP contribution is -2.11. The first-order valence-corrected chi connectivity index (χ1v) is 5.74. The average molecular weight is 245 g/mol. The molecule has 0 aromatic carbocycles. The van der Waals surface area contributed by atoms with Crippen molar-refractivity contribution in [3.63, 3.8) is 0 Å². The molecule has 18 heavy (non-hydrogen) atoms. The molecule has 2 aromatic heterocycles. The fraction of sp³-hybridized carbons (Fsp3) is 0.308. The fourth-order valence-corrected chi connectivity index (χ4v) is 1.55. The second-order valence-corrected chi connectivity index (χ2v) is 4.14. The van der Waals surface area contributed by atoms with Crippen molar-refractivity contribution in [2.75, 3.05) is 19.0 Å². The lowest BCUT2D eigenvalue weighted by Gasteiger charge is -2.09. The number of aromatic nitrogens is 2. The summed E-state index contributed by atoms with van der Waals surface area (Å²) in [6.45, 7) is 0. The fourth-order valence-electron chi connectivity index (χ4n) is 1.55. The van der Waals surface area contributed by atoms with E-state index in [9.17, 15) is 4.79 Å². The van der Waals surface area contributed by atoms with Gasteiger partial charge in [-0.05, 0) is 24.3 Å². The van der Waals surface area contributed by atoms with Crippen LogP contribution in [0.5, 0.6) is 0 Å². The average Bonchev–Trinajstić information content (AvgIpc) is 2.85. The highest BCUT2D eigenvalue weighted by atomic mass is 16.3. The van der Waals surface area contributed by atoms with Crippen LogP contribution in [0, 0.1) is 0 Å². The van der Waals surface area contributed by atoms with E-state index in [1.807, 2.05) is 43.3 Å². The van der Waals surface area contributed by atoms with Crippen molar-refractivity contribution in [2.24, 2.45) is 0 Å². The maximum Gasteiger partial charge on any atom is 0.154 e. The van der Waals surface area contributed by atoms with Crippen molar-refractivity contribution in [2.45, 2.75) is 12.8 Å². The van der Waals surface area contributed by atoms with Crippen LogP contribution in [-0.4, -0.2) is 30.6 Å². The van der Waals surface area contributed by atoms with Gasteiger partial charge in [0.2, 0.25) is 0 Å². The number of aryl methyl sites for hydroxylation is 1. The van der Waals surface area contributed by atoms with E-state index in [0.717, 1.165) is 17.9 Å².